The van der Waals surface area contributed by atoms with Crippen LogP contribution in [0.2, 0.25) is 5.02 Å². The zero-order chi connectivity index (χ0) is 21.1. The summed E-state index contributed by atoms with van der Waals surface area (Å²) in [6.45, 7) is -0.724. The van der Waals surface area contributed by atoms with Crippen molar-refractivity contribution in [2.24, 2.45) is 0 Å². The lowest BCUT2D eigenvalue weighted by Gasteiger charge is -2.05. The van der Waals surface area contributed by atoms with Crippen molar-refractivity contribution in [2.45, 2.75) is 0 Å². The molecule has 2 aromatic carbocycles. The molecule has 1 aromatic heterocycles. The Bertz CT molecular complexity index is 1160. The molecule has 0 unspecified atom stereocenters. The van der Waals surface area contributed by atoms with Crippen LogP contribution in [0.5, 0.6) is 0 Å². The number of nitro groups is 2. The number of non-ortho nitro benzene ring substituents is 1. The van der Waals surface area contributed by atoms with Gasteiger partial charge in [-0.25, -0.2) is 9.78 Å². The number of benzene rings is 2. The second kappa shape index (κ2) is 8.16. The van der Waals surface area contributed by atoms with Gasteiger partial charge in [0, 0.05) is 23.2 Å². The van der Waals surface area contributed by atoms with E-state index in [2.05, 4.69) is 10.3 Å². The van der Waals surface area contributed by atoms with Gasteiger partial charge >= 0.3 is 5.97 Å². The minimum atomic E-state index is -1.09. The Kier molecular flexibility index (Phi) is 5.66. The molecular weight excluding hydrogens is 428 g/mol. The molecule has 1 N–H and O–H groups in total. The van der Waals surface area contributed by atoms with Gasteiger partial charge in [-0.1, -0.05) is 22.9 Å². The quantitative estimate of drug-likeness (QED) is 0.349. The first-order chi connectivity index (χ1) is 13.7. The van der Waals surface area contributed by atoms with E-state index in [-0.39, 0.29) is 21.4 Å². The molecular formula is C16H9ClN4O7S. The van der Waals surface area contributed by atoms with Gasteiger partial charge < -0.3 is 4.74 Å². The summed E-state index contributed by atoms with van der Waals surface area (Å²) in [5, 5.41) is 24.4. The summed E-state index contributed by atoms with van der Waals surface area (Å²) < 4.78 is 5.29. The summed E-state index contributed by atoms with van der Waals surface area (Å²) in [5.74, 6) is -1.83. The average Bonchev–Trinajstić information content (AvgIpc) is 3.06. The number of carbonyl (C=O) groups excluding carboxylic acids is 2. The van der Waals surface area contributed by atoms with E-state index in [1.807, 2.05) is 0 Å². The lowest BCUT2D eigenvalue weighted by Crippen LogP contribution is -2.21. The van der Waals surface area contributed by atoms with Crippen molar-refractivity contribution in [3.8, 4) is 0 Å². The fraction of sp³-hybridized carbons (Fsp3) is 0.0625. The number of esters is 1. The Balaban J connectivity index is 1.66. The Morgan fingerprint density at radius 3 is 2.59 bits per heavy atom. The summed E-state index contributed by atoms with van der Waals surface area (Å²) >= 11 is 6.75. The van der Waals surface area contributed by atoms with E-state index in [1.165, 1.54) is 24.3 Å². The number of aromatic nitrogens is 1. The van der Waals surface area contributed by atoms with Crippen LogP contribution < -0.4 is 5.32 Å². The van der Waals surface area contributed by atoms with Gasteiger partial charge in [0.15, 0.2) is 11.7 Å². The molecule has 0 saturated carbocycles. The summed E-state index contributed by atoms with van der Waals surface area (Å²) in [6.07, 6.45) is 0. The van der Waals surface area contributed by atoms with Gasteiger partial charge in [-0.15, -0.1) is 0 Å². The molecule has 0 aliphatic rings. The molecule has 11 nitrogen and oxygen atoms in total. The number of ether oxygens (including phenoxy) is 1. The van der Waals surface area contributed by atoms with E-state index in [0.717, 1.165) is 23.5 Å². The van der Waals surface area contributed by atoms with Gasteiger partial charge in [-0.2, -0.15) is 0 Å². The number of carbonyl (C=O) groups is 2. The molecule has 3 aromatic rings. The fourth-order valence-corrected chi connectivity index (χ4v) is 3.36. The number of hydrogen-bond donors (Lipinski definition) is 1. The minimum absolute atomic E-state index is 0.0931. The highest BCUT2D eigenvalue weighted by Gasteiger charge is 2.23. The first-order valence-corrected chi connectivity index (χ1v) is 8.90. The number of amides is 1. The highest BCUT2D eigenvalue weighted by molar-refractivity contribution is 7.22. The number of thiazole rings is 1. The number of nitrogens with one attached hydrogen (secondary N) is 1. The number of hydrogen-bond acceptors (Lipinski definition) is 9. The Morgan fingerprint density at radius 2 is 1.90 bits per heavy atom. The number of anilines is 1. The normalized spacial score (nSPS) is 10.5. The molecule has 0 aliphatic heterocycles. The lowest BCUT2D eigenvalue weighted by molar-refractivity contribution is -0.385. The maximum atomic E-state index is 12.1. The van der Waals surface area contributed by atoms with Crippen molar-refractivity contribution in [1.29, 1.82) is 0 Å². The van der Waals surface area contributed by atoms with E-state index in [0.29, 0.717) is 10.2 Å². The Labute approximate surface area is 170 Å². The predicted octanol–water partition coefficient (Wildman–Crippen LogP) is 3.56. The zero-order valence-electron chi connectivity index (χ0n) is 14.2. The van der Waals surface area contributed by atoms with Crippen molar-refractivity contribution in [3.05, 3.63) is 67.2 Å². The van der Waals surface area contributed by atoms with Crippen molar-refractivity contribution >= 4 is 61.5 Å². The maximum absolute atomic E-state index is 12.1. The summed E-state index contributed by atoms with van der Waals surface area (Å²) in [5.41, 5.74) is -0.561. The first-order valence-electron chi connectivity index (χ1n) is 7.70. The summed E-state index contributed by atoms with van der Waals surface area (Å²) in [7, 11) is 0. The topological polar surface area (TPSA) is 155 Å². The number of nitrogens with zero attached hydrogens (tertiary/aromatic N) is 3. The van der Waals surface area contributed by atoms with Crippen molar-refractivity contribution < 1.29 is 24.2 Å². The highest BCUT2D eigenvalue weighted by atomic mass is 35.5. The van der Waals surface area contributed by atoms with Crippen molar-refractivity contribution in [1.82, 2.24) is 4.98 Å². The standard InChI is InChI=1S/C16H9ClN4O7S/c17-8-1-4-12(21(26)27)10(5-8)15(23)28-7-14(22)19-16-18-11-3-2-9(20(24)25)6-13(11)29-16/h1-6H,7H2,(H,18,19,22). The molecule has 13 heteroatoms. The maximum Gasteiger partial charge on any atom is 0.345 e. The van der Waals surface area contributed by atoms with Gasteiger partial charge in [0.05, 0.1) is 20.1 Å². The smallest absolute Gasteiger partial charge is 0.345 e. The largest absolute Gasteiger partial charge is 0.452 e. The molecule has 0 spiro atoms. The molecule has 0 bridgehead atoms. The van der Waals surface area contributed by atoms with Crippen LogP contribution in [-0.4, -0.2) is 33.3 Å². The van der Waals surface area contributed by atoms with Gasteiger partial charge in [-0.3, -0.25) is 30.3 Å². The molecule has 0 radical (unpaired) electrons. The van der Waals surface area contributed by atoms with Gasteiger partial charge in [0.2, 0.25) is 0 Å². The summed E-state index contributed by atoms with van der Waals surface area (Å²) in [6, 6.07) is 7.42. The van der Waals surface area contributed by atoms with E-state index < -0.39 is 34.0 Å². The van der Waals surface area contributed by atoms with Crippen LogP contribution in [0.3, 0.4) is 0 Å². The van der Waals surface area contributed by atoms with E-state index in [9.17, 15) is 29.8 Å². The van der Waals surface area contributed by atoms with E-state index >= 15 is 0 Å². The highest BCUT2D eigenvalue weighted by Crippen LogP contribution is 2.29. The van der Waals surface area contributed by atoms with E-state index in [4.69, 9.17) is 16.3 Å². The van der Waals surface area contributed by atoms with Crippen LogP contribution in [-0.2, 0) is 9.53 Å². The average molecular weight is 437 g/mol. The van der Waals surface area contributed by atoms with Gasteiger partial charge in [0.1, 0.15) is 5.56 Å². The minimum Gasteiger partial charge on any atom is -0.452 e. The summed E-state index contributed by atoms with van der Waals surface area (Å²) in [4.78, 5) is 48.7. The molecule has 148 valence electrons. The molecule has 29 heavy (non-hydrogen) atoms. The zero-order valence-corrected chi connectivity index (χ0v) is 15.7. The number of fused-ring (bicyclic) bond motifs is 1. The second-order valence-corrected chi connectivity index (χ2v) is 6.94. The number of nitro benzene ring substituents is 2. The van der Waals surface area contributed by atoms with Crippen molar-refractivity contribution in [3.63, 3.8) is 0 Å². The second-order valence-electron chi connectivity index (χ2n) is 5.47. The molecule has 0 saturated heterocycles. The molecule has 1 amide bonds. The third kappa shape index (κ3) is 4.62. The lowest BCUT2D eigenvalue weighted by atomic mass is 10.2. The molecule has 0 aliphatic carbocycles. The third-order valence-corrected chi connectivity index (χ3v) is 4.71. The van der Waals surface area contributed by atoms with Gasteiger partial charge in [0.25, 0.3) is 17.3 Å². The molecule has 0 atom stereocenters. The first kappa shape index (κ1) is 20.1. The fourth-order valence-electron chi connectivity index (χ4n) is 2.28. The SMILES string of the molecule is O=C(COC(=O)c1cc(Cl)ccc1[N+](=O)[O-])Nc1nc2ccc([N+](=O)[O-])cc2s1. The van der Waals surface area contributed by atoms with E-state index in [1.54, 1.807) is 0 Å². The van der Waals surface area contributed by atoms with Gasteiger partial charge in [-0.05, 0) is 18.2 Å². The molecule has 1 heterocycles. The Morgan fingerprint density at radius 1 is 1.14 bits per heavy atom. The van der Waals surface area contributed by atoms with Crippen LogP contribution in [0.4, 0.5) is 16.5 Å². The Hall–Kier alpha value is -3.64. The third-order valence-electron chi connectivity index (χ3n) is 3.54. The number of halogens is 1. The number of rotatable bonds is 6. The predicted molar refractivity (Wildman–Crippen MR) is 103 cm³/mol. The van der Waals surface area contributed by atoms with Crippen LogP contribution in [0.25, 0.3) is 10.2 Å². The van der Waals surface area contributed by atoms with Crippen LogP contribution in [0, 0.1) is 20.2 Å². The van der Waals surface area contributed by atoms with Crippen LogP contribution >= 0.6 is 22.9 Å². The molecule has 3 rings (SSSR count). The van der Waals surface area contributed by atoms with Crippen LogP contribution in [0.15, 0.2) is 36.4 Å². The van der Waals surface area contributed by atoms with Crippen LogP contribution in [0.1, 0.15) is 10.4 Å². The molecule has 0 fully saturated rings. The monoisotopic (exact) mass is 436 g/mol. The van der Waals surface area contributed by atoms with Crippen molar-refractivity contribution in [2.75, 3.05) is 11.9 Å².